The maximum absolute atomic E-state index is 5.48. The highest BCUT2D eigenvalue weighted by Crippen LogP contribution is 2.43. The van der Waals surface area contributed by atoms with Crippen molar-refractivity contribution in [2.24, 2.45) is 5.41 Å². The van der Waals surface area contributed by atoms with Crippen LogP contribution in [0.3, 0.4) is 0 Å². The molecule has 0 bridgehead atoms. The summed E-state index contributed by atoms with van der Waals surface area (Å²) in [5.41, 5.74) is 0.130. The topological polar surface area (TPSA) is 59.1 Å². The maximum atomic E-state index is 5.48. The van der Waals surface area contributed by atoms with Gasteiger partial charge in [0.2, 0.25) is 0 Å². The van der Waals surface area contributed by atoms with Crippen molar-refractivity contribution in [1.82, 2.24) is 9.97 Å². The molecule has 5 nitrogen and oxygen atoms in total. The highest BCUT2D eigenvalue weighted by Gasteiger charge is 2.48. The molecule has 2 unspecified atom stereocenters. The Morgan fingerprint density at radius 2 is 2.05 bits per heavy atom. The molecule has 1 aliphatic carbocycles. The monoisotopic (exact) mass is 278 g/mol. The van der Waals surface area contributed by atoms with E-state index in [2.05, 4.69) is 41.4 Å². The number of hydrogen-bond donors (Lipinski definition) is 2. The lowest BCUT2D eigenvalue weighted by Gasteiger charge is -2.51. The molecule has 2 rings (SSSR count). The number of rotatable bonds is 6. The second-order valence-corrected chi connectivity index (χ2v) is 6.09. The largest absolute Gasteiger partial charge is 0.381 e. The lowest BCUT2D eigenvalue weighted by atomic mass is 9.64. The fourth-order valence-electron chi connectivity index (χ4n) is 2.69. The Bertz CT molecular complexity index is 461. The van der Waals surface area contributed by atoms with E-state index in [1.165, 1.54) is 0 Å². The summed E-state index contributed by atoms with van der Waals surface area (Å²) in [6, 6.07) is 2.37. The summed E-state index contributed by atoms with van der Waals surface area (Å²) in [4.78, 5) is 8.88. The molecule has 1 aromatic heterocycles. The van der Waals surface area contributed by atoms with Crippen LogP contribution in [0.15, 0.2) is 6.07 Å². The molecular weight excluding hydrogens is 252 g/mol. The van der Waals surface area contributed by atoms with E-state index in [0.29, 0.717) is 12.1 Å². The van der Waals surface area contributed by atoms with Crippen molar-refractivity contribution in [3.05, 3.63) is 11.9 Å². The van der Waals surface area contributed by atoms with Gasteiger partial charge in [-0.15, -0.1) is 0 Å². The third-order valence-corrected chi connectivity index (χ3v) is 4.18. The first-order valence-corrected chi connectivity index (χ1v) is 7.36. The van der Waals surface area contributed by atoms with Crippen LogP contribution in [0, 0.1) is 12.3 Å². The van der Waals surface area contributed by atoms with Gasteiger partial charge in [0.15, 0.2) is 0 Å². The first-order chi connectivity index (χ1) is 9.47. The summed E-state index contributed by atoms with van der Waals surface area (Å²) in [5, 5.41) is 6.83. The van der Waals surface area contributed by atoms with Gasteiger partial charge in [-0.1, -0.05) is 20.8 Å². The van der Waals surface area contributed by atoms with Gasteiger partial charge >= 0.3 is 0 Å². The summed E-state index contributed by atoms with van der Waals surface area (Å²) in [6.07, 6.45) is 2.42. The Balaban J connectivity index is 2.05. The van der Waals surface area contributed by atoms with Gasteiger partial charge in [0, 0.05) is 31.2 Å². The molecule has 0 aliphatic heterocycles. The quantitative estimate of drug-likeness (QED) is 0.838. The minimum atomic E-state index is 0.130. The van der Waals surface area contributed by atoms with E-state index < -0.39 is 0 Å². The molecular formula is C15H26N4O. The Hall–Kier alpha value is -1.36. The van der Waals surface area contributed by atoms with E-state index in [4.69, 9.17) is 4.74 Å². The van der Waals surface area contributed by atoms with Crippen molar-refractivity contribution in [2.45, 2.75) is 52.7 Å². The molecule has 1 aromatic rings. The van der Waals surface area contributed by atoms with Crippen molar-refractivity contribution in [2.75, 3.05) is 24.3 Å². The van der Waals surface area contributed by atoms with Crippen molar-refractivity contribution < 1.29 is 4.74 Å². The average Bonchev–Trinajstić information content (AvgIpc) is 2.40. The van der Waals surface area contributed by atoms with E-state index in [-0.39, 0.29) is 5.41 Å². The number of aryl methyl sites for hydroxylation is 1. The SMILES string of the molecule is CCCNc1cc(NC2CC(OC)C2(C)C)nc(C)n1. The number of hydrogen-bond acceptors (Lipinski definition) is 5. The molecule has 0 amide bonds. The van der Waals surface area contributed by atoms with E-state index in [1.807, 2.05) is 13.0 Å². The van der Waals surface area contributed by atoms with Gasteiger partial charge in [0.25, 0.3) is 0 Å². The number of nitrogens with one attached hydrogen (secondary N) is 2. The third-order valence-electron chi connectivity index (χ3n) is 4.18. The number of nitrogens with zero attached hydrogens (tertiary/aromatic N) is 2. The predicted octanol–water partition coefficient (Wildman–Crippen LogP) is 2.83. The minimum Gasteiger partial charge on any atom is -0.381 e. The predicted molar refractivity (Wildman–Crippen MR) is 82.2 cm³/mol. The Morgan fingerprint density at radius 3 is 2.65 bits per heavy atom. The van der Waals surface area contributed by atoms with Crippen molar-refractivity contribution in [3.8, 4) is 0 Å². The third kappa shape index (κ3) is 3.03. The smallest absolute Gasteiger partial charge is 0.132 e. The van der Waals surface area contributed by atoms with Crippen LogP contribution < -0.4 is 10.6 Å². The summed E-state index contributed by atoms with van der Waals surface area (Å²) in [6.45, 7) is 9.45. The molecule has 1 aliphatic rings. The fourth-order valence-corrected chi connectivity index (χ4v) is 2.69. The first-order valence-electron chi connectivity index (χ1n) is 7.36. The van der Waals surface area contributed by atoms with Crippen LogP contribution in [0.1, 0.15) is 39.4 Å². The van der Waals surface area contributed by atoms with Crippen LogP contribution >= 0.6 is 0 Å². The summed E-state index contributed by atoms with van der Waals surface area (Å²) >= 11 is 0. The second kappa shape index (κ2) is 5.95. The molecule has 0 saturated heterocycles. The molecule has 1 heterocycles. The van der Waals surface area contributed by atoms with Gasteiger partial charge in [0.05, 0.1) is 6.10 Å². The molecule has 0 radical (unpaired) electrons. The number of methoxy groups -OCH3 is 1. The second-order valence-electron chi connectivity index (χ2n) is 6.09. The molecule has 2 N–H and O–H groups in total. The average molecular weight is 278 g/mol. The number of anilines is 2. The zero-order chi connectivity index (χ0) is 14.8. The molecule has 1 fully saturated rings. The Labute approximate surface area is 121 Å². The van der Waals surface area contributed by atoms with Gasteiger partial charge in [-0.2, -0.15) is 0 Å². The lowest BCUT2D eigenvalue weighted by Crippen LogP contribution is -2.57. The van der Waals surface area contributed by atoms with Crippen molar-refractivity contribution in [3.63, 3.8) is 0 Å². The summed E-state index contributed by atoms with van der Waals surface area (Å²) < 4.78 is 5.48. The highest BCUT2D eigenvalue weighted by atomic mass is 16.5. The van der Waals surface area contributed by atoms with Crippen LogP contribution in [0.4, 0.5) is 11.6 Å². The zero-order valence-electron chi connectivity index (χ0n) is 13.2. The van der Waals surface area contributed by atoms with Crippen molar-refractivity contribution in [1.29, 1.82) is 0 Å². The van der Waals surface area contributed by atoms with Crippen LogP contribution in [-0.2, 0) is 4.74 Å². The van der Waals surface area contributed by atoms with Gasteiger partial charge in [0.1, 0.15) is 17.5 Å². The molecule has 112 valence electrons. The summed E-state index contributed by atoms with van der Waals surface area (Å²) in [5.74, 6) is 2.57. The fraction of sp³-hybridized carbons (Fsp3) is 0.733. The Kier molecular flexibility index (Phi) is 4.48. The van der Waals surface area contributed by atoms with Crippen LogP contribution in [-0.4, -0.2) is 35.8 Å². The lowest BCUT2D eigenvalue weighted by molar-refractivity contribution is -0.0795. The van der Waals surface area contributed by atoms with Gasteiger partial charge in [-0.05, 0) is 19.8 Å². The zero-order valence-corrected chi connectivity index (χ0v) is 13.2. The van der Waals surface area contributed by atoms with Gasteiger partial charge < -0.3 is 15.4 Å². The molecule has 20 heavy (non-hydrogen) atoms. The molecule has 0 aromatic carbocycles. The maximum Gasteiger partial charge on any atom is 0.132 e. The number of aromatic nitrogens is 2. The van der Waals surface area contributed by atoms with E-state index in [9.17, 15) is 0 Å². The van der Waals surface area contributed by atoms with Crippen LogP contribution in [0.25, 0.3) is 0 Å². The van der Waals surface area contributed by atoms with E-state index >= 15 is 0 Å². The van der Waals surface area contributed by atoms with E-state index in [0.717, 1.165) is 36.8 Å². The van der Waals surface area contributed by atoms with Gasteiger partial charge in [-0.3, -0.25) is 0 Å². The van der Waals surface area contributed by atoms with Crippen molar-refractivity contribution >= 4 is 11.6 Å². The van der Waals surface area contributed by atoms with Gasteiger partial charge in [-0.25, -0.2) is 9.97 Å². The molecule has 2 atom stereocenters. The molecule has 1 saturated carbocycles. The summed E-state index contributed by atoms with van der Waals surface area (Å²) in [7, 11) is 1.78. The normalized spacial score (nSPS) is 24.1. The standard InChI is InChI=1S/C15H26N4O/c1-6-7-16-13-9-14(18-10(2)17-13)19-11-8-12(20-5)15(11,3)4/h9,11-12H,6-8H2,1-5H3,(H2,16,17,18,19). The highest BCUT2D eigenvalue weighted by molar-refractivity contribution is 5.48. The first kappa shape index (κ1) is 15.0. The van der Waals surface area contributed by atoms with Crippen LogP contribution in [0.2, 0.25) is 0 Å². The molecule has 0 spiro atoms. The Morgan fingerprint density at radius 1 is 1.35 bits per heavy atom. The van der Waals surface area contributed by atoms with E-state index in [1.54, 1.807) is 7.11 Å². The van der Waals surface area contributed by atoms with Crippen LogP contribution in [0.5, 0.6) is 0 Å². The molecule has 5 heteroatoms. The number of ether oxygens (including phenoxy) is 1. The minimum absolute atomic E-state index is 0.130.